The van der Waals surface area contributed by atoms with Gasteiger partial charge in [0.25, 0.3) is 5.56 Å². The number of aromatic nitrogens is 1. The summed E-state index contributed by atoms with van der Waals surface area (Å²) in [7, 11) is 1.70. The first kappa shape index (κ1) is 10.8. The molecular weight excluding hydrogens is 224 g/mol. The highest BCUT2D eigenvalue weighted by molar-refractivity contribution is 6.30. The Bertz CT molecular complexity index is 573. The summed E-state index contributed by atoms with van der Waals surface area (Å²) >= 11 is 5.81. The molecule has 0 saturated heterocycles. The van der Waals surface area contributed by atoms with Crippen LogP contribution < -0.4 is 11.3 Å². The van der Waals surface area contributed by atoms with Gasteiger partial charge in [-0.2, -0.15) is 0 Å². The van der Waals surface area contributed by atoms with E-state index in [1.807, 2.05) is 18.2 Å². The Morgan fingerprint density at radius 3 is 2.38 bits per heavy atom. The van der Waals surface area contributed by atoms with E-state index < -0.39 is 0 Å². The van der Waals surface area contributed by atoms with E-state index in [2.05, 4.69) is 0 Å². The second kappa shape index (κ2) is 4.02. The van der Waals surface area contributed by atoms with E-state index in [0.717, 1.165) is 11.3 Å². The molecule has 0 unspecified atom stereocenters. The van der Waals surface area contributed by atoms with Gasteiger partial charge in [-0.15, -0.1) is 0 Å². The van der Waals surface area contributed by atoms with Crippen molar-refractivity contribution in [1.29, 1.82) is 0 Å². The average Bonchev–Trinajstić information content (AvgIpc) is 2.28. The van der Waals surface area contributed by atoms with Crippen molar-refractivity contribution in [3.63, 3.8) is 0 Å². The van der Waals surface area contributed by atoms with E-state index in [9.17, 15) is 4.79 Å². The third-order valence-corrected chi connectivity index (χ3v) is 2.73. The molecule has 0 atom stereocenters. The maximum absolute atomic E-state index is 11.6. The third kappa shape index (κ3) is 1.82. The molecule has 1 aromatic heterocycles. The Morgan fingerprint density at radius 1 is 1.12 bits per heavy atom. The minimum atomic E-state index is -0.188. The highest BCUT2D eigenvalue weighted by Gasteiger charge is 2.04. The normalized spacial score (nSPS) is 10.4. The Morgan fingerprint density at radius 2 is 1.75 bits per heavy atom. The molecule has 3 nitrogen and oxygen atoms in total. The van der Waals surface area contributed by atoms with Crippen LogP contribution in [0.1, 0.15) is 0 Å². The van der Waals surface area contributed by atoms with Crippen molar-refractivity contribution in [2.75, 3.05) is 5.73 Å². The van der Waals surface area contributed by atoms with Gasteiger partial charge in [-0.3, -0.25) is 4.79 Å². The topological polar surface area (TPSA) is 48.0 Å². The molecule has 2 aromatic rings. The van der Waals surface area contributed by atoms with Gasteiger partial charge in [-0.25, -0.2) is 0 Å². The summed E-state index contributed by atoms with van der Waals surface area (Å²) in [5.41, 5.74) is 7.35. The number of nitrogens with two attached hydrogens (primary N) is 1. The minimum Gasteiger partial charge on any atom is -0.394 e. The molecule has 0 saturated carbocycles. The van der Waals surface area contributed by atoms with Crippen molar-refractivity contribution in [1.82, 2.24) is 4.57 Å². The smallest absolute Gasteiger partial charge is 0.273 e. The number of hydrogen-bond acceptors (Lipinski definition) is 2. The van der Waals surface area contributed by atoms with Gasteiger partial charge in [0.1, 0.15) is 0 Å². The molecule has 2 rings (SSSR count). The Hall–Kier alpha value is -1.74. The summed E-state index contributed by atoms with van der Waals surface area (Å²) in [6, 6.07) is 10.8. The molecule has 0 aliphatic rings. The maximum Gasteiger partial charge on any atom is 0.273 e. The fraction of sp³-hybridized carbons (Fsp3) is 0.0833. The SMILES string of the molecule is Cn1c(-c2ccc(Cl)cc2)ccc(N)c1=O. The van der Waals surface area contributed by atoms with Crippen molar-refractivity contribution in [3.05, 3.63) is 51.8 Å². The van der Waals surface area contributed by atoms with Crippen molar-refractivity contribution in [3.8, 4) is 11.3 Å². The summed E-state index contributed by atoms with van der Waals surface area (Å²) in [6.07, 6.45) is 0. The van der Waals surface area contributed by atoms with Crippen LogP contribution in [0.5, 0.6) is 0 Å². The lowest BCUT2D eigenvalue weighted by Crippen LogP contribution is -2.21. The lowest BCUT2D eigenvalue weighted by molar-refractivity contribution is 0.874. The highest BCUT2D eigenvalue weighted by Crippen LogP contribution is 2.20. The van der Waals surface area contributed by atoms with Crippen molar-refractivity contribution in [2.24, 2.45) is 7.05 Å². The first-order valence-electron chi connectivity index (χ1n) is 4.81. The first-order valence-corrected chi connectivity index (χ1v) is 5.19. The van der Waals surface area contributed by atoms with Gasteiger partial charge >= 0.3 is 0 Å². The second-order valence-corrected chi connectivity index (χ2v) is 3.98. The molecule has 1 heterocycles. The molecule has 0 radical (unpaired) electrons. The number of nitrogens with zero attached hydrogens (tertiary/aromatic N) is 1. The molecule has 0 fully saturated rings. The summed E-state index contributed by atoms with van der Waals surface area (Å²) < 4.78 is 1.53. The maximum atomic E-state index is 11.6. The number of rotatable bonds is 1. The monoisotopic (exact) mass is 234 g/mol. The predicted octanol–water partition coefficient (Wildman–Crippen LogP) is 2.29. The van der Waals surface area contributed by atoms with Crippen LogP contribution in [-0.4, -0.2) is 4.57 Å². The molecule has 0 amide bonds. The minimum absolute atomic E-state index is 0.188. The van der Waals surface area contributed by atoms with Gasteiger partial charge in [-0.1, -0.05) is 23.7 Å². The summed E-state index contributed by atoms with van der Waals surface area (Å²) in [6.45, 7) is 0. The fourth-order valence-electron chi connectivity index (χ4n) is 1.57. The molecule has 0 aliphatic heterocycles. The van der Waals surface area contributed by atoms with Crippen molar-refractivity contribution >= 4 is 17.3 Å². The summed E-state index contributed by atoms with van der Waals surface area (Å²) in [4.78, 5) is 11.6. The fourth-order valence-corrected chi connectivity index (χ4v) is 1.69. The van der Waals surface area contributed by atoms with E-state index in [-0.39, 0.29) is 11.2 Å². The number of halogens is 1. The molecule has 4 heteroatoms. The Kier molecular flexibility index (Phi) is 2.71. The van der Waals surface area contributed by atoms with Crippen LogP contribution >= 0.6 is 11.6 Å². The van der Waals surface area contributed by atoms with Crippen LogP contribution in [-0.2, 0) is 7.05 Å². The average molecular weight is 235 g/mol. The van der Waals surface area contributed by atoms with Gasteiger partial charge < -0.3 is 10.3 Å². The molecule has 0 bridgehead atoms. The van der Waals surface area contributed by atoms with Crippen molar-refractivity contribution in [2.45, 2.75) is 0 Å². The van der Waals surface area contributed by atoms with Crippen LogP contribution in [0.25, 0.3) is 11.3 Å². The molecule has 2 N–H and O–H groups in total. The molecule has 16 heavy (non-hydrogen) atoms. The van der Waals surface area contributed by atoms with Crippen LogP contribution in [0.4, 0.5) is 5.69 Å². The zero-order valence-electron chi connectivity index (χ0n) is 8.77. The molecular formula is C12H11ClN2O. The molecule has 1 aromatic carbocycles. The van der Waals surface area contributed by atoms with Gasteiger partial charge in [0.05, 0.1) is 11.4 Å². The number of anilines is 1. The van der Waals surface area contributed by atoms with E-state index in [0.29, 0.717) is 5.02 Å². The standard InChI is InChI=1S/C12H11ClN2O/c1-15-11(7-6-10(14)12(15)16)8-2-4-9(13)5-3-8/h2-7H,14H2,1H3. The van der Waals surface area contributed by atoms with E-state index in [1.165, 1.54) is 4.57 Å². The van der Waals surface area contributed by atoms with Crippen LogP contribution in [0, 0.1) is 0 Å². The van der Waals surface area contributed by atoms with Gasteiger partial charge in [0.2, 0.25) is 0 Å². The largest absolute Gasteiger partial charge is 0.394 e. The summed E-state index contributed by atoms with van der Waals surface area (Å²) in [5, 5.41) is 0.671. The van der Waals surface area contributed by atoms with E-state index >= 15 is 0 Å². The quantitative estimate of drug-likeness (QED) is 0.823. The molecule has 0 spiro atoms. The van der Waals surface area contributed by atoms with E-state index in [4.69, 9.17) is 17.3 Å². The molecule has 0 aliphatic carbocycles. The van der Waals surface area contributed by atoms with Gasteiger partial charge in [-0.05, 0) is 29.8 Å². The number of nitrogen functional groups attached to an aromatic ring is 1. The lowest BCUT2D eigenvalue weighted by Gasteiger charge is -2.08. The number of benzene rings is 1. The third-order valence-electron chi connectivity index (χ3n) is 2.47. The predicted molar refractivity (Wildman–Crippen MR) is 66.5 cm³/mol. The zero-order valence-corrected chi connectivity index (χ0v) is 9.53. The van der Waals surface area contributed by atoms with Gasteiger partial charge in [0.15, 0.2) is 0 Å². The zero-order chi connectivity index (χ0) is 11.7. The Balaban J connectivity index is 2.61. The van der Waals surface area contributed by atoms with E-state index in [1.54, 1.807) is 25.2 Å². The van der Waals surface area contributed by atoms with Crippen molar-refractivity contribution < 1.29 is 0 Å². The first-order chi connectivity index (χ1) is 7.59. The highest BCUT2D eigenvalue weighted by atomic mass is 35.5. The summed E-state index contributed by atoms with van der Waals surface area (Å²) in [5.74, 6) is 0. The number of pyridine rings is 1. The second-order valence-electron chi connectivity index (χ2n) is 3.54. The molecule has 82 valence electrons. The van der Waals surface area contributed by atoms with Gasteiger partial charge in [0, 0.05) is 12.1 Å². The lowest BCUT2D eigenvalue weighted by atomic mass is 10.1. The number of hydrogen-bond donors (Lipinski definition) is 1. The van der Waals surface area contributed by atoms with Crippen LogP contribution in [0.2, 0.25) is 5.02 Å². The van der Waals surface area contributed by atoms with Crippen LogP contribution in [0.15, 0.2) is 41.2 Å². The Labute approximate surface area is 98.1 Å². The van der Waals surface area contributed by atoms with Crippen LogP contribution in [0.3, 0.4) is 0 Å².